The molecule has 1 aliphatic carbocycles. The highest BCUT2D eigenvalue weighted by Gasteiger charge is 2.31. The molecular weight excluding hydrogens is 286 g/mol. The number of amides is 1. The molecule has 0 aromatic heterocycles. The zero-order chi connectivity index (χ0) is 16.3. The maximum atomic E-state index is 11.6. The molecule has 0 aliphatic heterocycles. The number of rotatable bonds is 4. The van der Waals surface area contributed by atoms with Crippen molar-refractivity contribution < 1.29 is 14.5 Å². The van der Waals surface area contributed by atoms with Crippen LogP contribution in [0.3, 0.4) is 0 Å². The van der Waals surface area contributed by atoms with Crippen LogP contribution in [-0.4, -0.2) is 28.7 Å². The molecule has 1 saturated carbocycles. The van der Waals surface area contributed by atoms with Gasteiger partial charge in [0.05, 0.1) is 4.92 Å². The minimum atomic E-state index is -0.506. The van der Waals surface area contributed by atoms with Gasteiger partial charge in [-0.2, -0.15) is 0 Å². The Kier molecular flexibility index (Phi) is 4.54. The van der Waals surface area contributed by atoms with Crippen LogP contribution in [0.2, 0.25) is 0 Å². The standard InChI is InChI=1S/C15H21N3O4/c1-15(2,3)22-14(19)17-12-7-11(8-12)16-10-5-4-6-13(9-10)18(20)21/h4-6,9,11-12,16H,7-8H2,1-3H3,(H,17,19). The average molecular weight is 307 g/mol. The molecule has 7 heteroatoms. The maximum Gasteiger partial charge on any atom is 0.407 e. The zero-order valence-corrected chi connectivity index (χ0v) is 13.0. The Morgan fingerprint density at radius 1 is 1.32 bits per heavy atom. The third kappa shape index (κ3) is 4.61. The molecule has 1 aromatic carbocycles. The van der Waals surface area contributed by atoms with Crippen LogP contribution in [0.4, 0.5) is 16.2 Å². The highest BCUT2D eigenvalue weighted by molar-refractivity contribution is 5.68. The number of hydrogen-bond donors (Lipinski definition) is 2. The lowest BCUT2D eigenvalue weighted by molar-refractivity contribution is -0.384. The first-order chi connectivity index (χ1) is 10.2. The van der Waals surface area contributed by atoms with Gasteiger partial charge in [-0.15, -0.1) is 0 Å². The SMILES string of the molecule is CC(C)(C)OC(=O)NC1CC(Nc2cccc([N+](=O)[O-])c2)C1. The van der Waals surface area contributed by atoms with E-state index in [1.54, 1.807) is 12.1 Å². The van der Waals surface area contributed by atoms with Gasteiger partial charge >= 0.3 is 6.09 Å². The predicted molar refractivity (Wildman–Crippen MR) is 82.9 cm³/mol. The van der Waals surface area contributed by atoms with Crippen molar-refractivity contribution in [3.05, 3.63) is 34.4 Å². The van der Waals surface area contributed by atoms with Crippen LogP contribution >= 0.6 is 0 Å². The summed E-state index contributed by atoms with van der Waals surface area (Å²) in [5.41, 5.74) is 0.275. The topological polar surface area (TPSA) is 93.5 Å². The summed E-state index contributed by atoms with van der Waals surface area (Å²) in [6, 6.07) is 6.68. The quantitative estimate of drug-likeness (QED) is 0.658. The number of nitrogens with one attached hydrogen (secondary N) is 2. The van der Waals surface area contributed by atoms with Crippen molar-refractivity contribution in [2.75, 3.05) is 5.32 Å². The molecule has 0 bridgehead atoms. The average Bonchev–Trinajstić information content (AvgIpc) is 2.34. The fourth-order valence-corrected chi connectivity index (χ4v) is 2.27. The molecule has 1 fully saturated rings. The molecular formula is C15H21N3O4. The van der Waals surface area contributed by atoms with Crippen LogP contribution in [0.5, 0.6) is 0 Å². The molecule has 2 rings (SSSR count). The van der Waals surface area contributed by atoms with Crippen LogP contribution in [-0.2, 0) is 4.74 Å². The van der Waals surface area contributed by atoms with Gasteiger partial charge in [0.15, 0.2) is 0 Å². The number of anilines is 1. The third-order valence-electron chi connectivity index (χ3n) is 3.29. The molecule has 2 N–H and O–H groups in total. The van der Waals surface area contributed by atoms with Gasteiger partial charge in [-0.1, -0.05) is 6.07 Å². The monoisotopic (exact) mass is 307 g/mol. The minimum Gasteiger partial charge on any atom is -0.444 e. The van der Waals surface area contributed by atoms with Gasteiger partial charge in [0.2, 0.25) is 0 Å². The number of benzene rings is 1. The second-order valence-corrected chi connectivity index (χ2v) is 6.46. The first-order valence-corrected chi connectivity index (χ1v) is 7.23. The van der Waals surface area contributed by atoms with Gasteiger partial charge in [-0.25, -0.2) is 4.79 Å². The van der Waals surface area contributed by atoms with E-state index in [1.165, 1.54) is 12.1 Å². The Morgan fingerprint density at radius 3 is 2.59 bits per heavy atom. The van der Waals surface area contributed by atoms with Crippen molar-refractivity contribution in [1.29, 1.82) is 0 Å². The van der Waals surface area contributed by atoms with Gasteiger partial charge in [0.25, 0.3) is 5.69 Å². The molecule has 0 spiro atoms. The first kappa shape index (κ1) is 16.1. The lowest BCUT2D eigenvalue weighted by Gasteiger charge is -2.37. The highest BCUT2D eigenvalue weighted by atomic mass is 16.6. The number of carbonyl (C=O) groups excluding carboxylic acids is 1. The van der Waals surface area contributed by atoms with E-state index in [-0.39, 0.29) is 17.8 Å². The molecule has 7 nitrogen and oxygen atoms in total. The smallest absolute Gasteiger partial charge is 0.407 e. The van der Waals surface area contributed by atoms with Gasteiger partial charge in [0, 0.05) is 29.9 Å². The molecule has 22 heavy (non-hydrogen) atoms. The highest BCUT2D eigenvalue weighted by Crippen LogP contribution is 2.26. The van der Waals surface area contributed by atoms with Crippen LogP contribution in [0.25, 0.3) is 0 Å². The van der Waals surface area contributed by atoms with Crippen molar-refractivity contribution in [3.8, 4) is 0 Å². The number of nitrogens with zero attached hydrogens (tertiary/aromatic N) is 1. The van der Waals surface area contributed by atoms with Crippen LogP contribution in [0, 0.1) is 10.1 Å². The van der Waals surface area contributed by atoms with Gasteiger partial charge < -0.3 is 15.4 Å². The van der Waals surface area contributed by atoms with E-state index in [0.717, 1.165) is 18.5 Å². The van der Waals surface area contributed by atoms with Crippen molar-refractivity contribution in [1.82, 2.24) is 5.32 Å². The molecule has 0 saturated heterocycles. The molecule has 120 valence electrons. The van der Waals surface area contributed by atoms with Crippen LogP contribution in [0.15, 0.2) is 24.3 Å². The van der Waals surface area contributed by atoms with E-state index < -0.39 is 16.6 Å². The number of nitro groups is 1. The van der Waals surface area contributed by atoms with Crippen LogP contribution in [0.1, 0.15) is 33.6 Å². The number of ether oxygens (including phenoxy) is 1. The molecule has 1 aliphatic rings. The lowest BCUT2D eigenvalue weighted by Crippen LogP contribution is -2.50. The van der Waals surface area contributed by atoms with E-state index in [4.69, 9.17) is 4.74 Å². The predicted octanol–water partition coefficient (Wildman–Crippen LogP) is 3.06. The number of alkyl carbamates (subject to hydrolysis) is 1. The zero-order valence-electron chi connectivity index (χ0n) is 13.0. The van der Waals surface area contributed by atoms with E-state index in [0.29, 0.717) is 0 Å². The molecule has 0 atom stereocenters. The fourth-order valence-electron chi connectivity index (χ4n) is 2.27. The van der Waals surface area contributed by atoms with Crippen molar-refractivity contribution in [3.63, 3.8) is 0 Å². The summed E-state index contributed by atoms with van der Waals surface area (Å²) in [5, 5.41) is 16.8. The number of nitro benzene ring substituents is 1. The van der Waals surface area contributed by atoms with Crippen molar-refractivity contribution >= 4 is 17.5 Å². The van der Waals surface area contributed by atoms with Gasteiger partial charge in [-0.05, 0) is 39.7 Å². The second kappa shape index (κ2) is 6.21. The second-order valence-electron chi connectivity index (χ2n) is 6.46. The summed E-state index contributed by atoms with van der Waals surface area (Å²) < 4.78 is 5.19. The van der Waals surface area contributed by atoms with Crippen molar-refractivity contribution in [2.45, 2.75) is 51.3 Å². The summed E-state index contributed by atoms with van der Waals surface area (Å²) in [5.74, 6) is 0. The summed E-state index contributed by atoms with van der Waals surface area (Å²) in [7, 11) is 0. The largest absolute Gasteiger partial charge is 0.444 e. The van der Waals surface area contributed by atoms with Crippen LogP contribution < -0.4 is 10.6 Å². The molecule has 0 radical (unpaired) electrons. The molecule has 1 aromatic rings. The van der Waals surface area contributed by atoms with E-state index in [2.05, 4.69) is 10.6 Å². The summed E-state index contributed by atoms with van der Waals surface area (Å²) in [6.07, 6.45) is 1.12. The fraction of sp³-hybridized carbons (Fsp3) is 0.533. The Bertz CT molecular complexity index is 562. The van der Waals surface area contributed by atoms with Gasteiger partial charge in [0.1, 0.15) is 5.60 Å². The minimum absolute atomic E-state index is 0.0627. The molecule has 0 heterocycles. The molecule has 1 amide bonds. The summed E-state index contributed by atoms with van der Waals surface area (Å²) in [6.45, 7) is 5.46. The number of carbonyl (C=O) groups is 1. The van der Waals surface area contributed by atoms with Gasteiger partial charge in [-0.3, -0.25) is 10.1 Å². The maximum absolute atomic E-state index is 11.6. The van der Waals surface area contributed by atoms with E-state index in [9.17, 15) is 14.9 Å². The summed E-state index contributed by atoms with van der Waals surface area (Å²) in [4.78, 5) is 21.9. The Hall–Kier alpha value is -2.31. The van der Waals surface area contributed by atoms with Crippen molar-refractivity contribution in [2.24, 2.45) is 0 Å². The Morgan fingerprint density at radius 2 is 2.00 bits per heavy atom. The number of hydrogen-bond acceptors (Lipinski definition) is 5. The Labute approximate surface area is 129 Å². The summed E-state index contributed by atoms with van der Waals surface area (Å²) >= 11 is 0. The first-order valence-electron chi connectivity index (χ1n) is 7.23. The van der Waals surface area contributed by atoms with E-state index in [1.807, 2.05) is 20.8 Å². The van der Waals surface area contributed by atoms with E-state index >= 15 is 0 Å². The number of non-ortho nitro benzene ring substituents is 1. The molecule has 0 unspecified atom stereocenters. The third-order valence-corrected chi connectivity index (χ3v) is 3.29. The Balaban J connectivity index is 1.77. The lowest BCUT2D eigenvalue weighted by atomic mass is 9.86. The normalized spacial score (nSPS) is 20.7.